The molecule has 1 unspecified atom stereocenters. The summed E-state index contributed by atoms with van der Waals surface area (Å²) >= 11 is 4.53. The Morgan fingerprint density at radius 3 is 3.12 bits per heavy atom. The third-order valence-corrected chi connectivity index (χ3v) is 3.22. The second-order valence-corrected chi connectivity index (χ2v) is 4.80. The summed E-state index contributed by atoms with van der Waals surface area (Å²) < 4.78 is 10.00. The first-order valence-corrected chi connectivity index (χ1v) is 6.80. The van der Waals surface area contributed by atoms with E-state index in [1.807, 2.05) is 0 Å². The van der Waals surface area contributed by atoms with Crippen LogP contribution in [0, 0.1) is 11.8 Å². The first kappa shape index (κ1) is 14.6. The lowest BCUT2D eigenvalue weighted by molar-refractivity contribution is -0.0313. The Hall–Kier alpha value is -0.430. The van der Waals surface area contributed by atoms with Crippen LogP contribution in [0.1, 0.15) is 38.5 Å². The van der Waals surface area contributed by atoms with Gasteiger partial charge in [-0.25, -0.2) is 0 Å². The van der Waals surface area contributed by atoms with E-state index in [-0.39, 0.29) is 0 Å². The Morgan fingerprint density at radius 1 is 1.47 bits per heavy atom. The summed E-state index contributed by atoms with van der Waals surface area (Å²) in [7, 11) is 1.64. The van der Waals surface area contributed by atoms with Crippen LogP contribution in [-0.4, -0.2) is 25.8 Å². The molecule has 0 aromatic heterocycles. The van der Waals surface area contributed by atoms with Gasteiger partial charge >= 0.3 is 0 Å². The van der Waals surface area contributed by atoms with Gasteiger partial charge in [-0.3, -0.25) is 0 Å². The molecule has 0 amide bonds. The molecule has 96 valence electrons. The van der Waals surface area contributed by atoms with Crippen LogP contribution in [0.5, 0.6) is 0 Å². The fraction of sp³-hybridized carbons (Fsp3) is 0.714. The lowest BCUT2D eigenvalue weighted by Crippen LogP contribution is -2.06. The molecule has 0 aliphatic heterocycles. The first-order valence-electron chi connectivity index (χ1n) is 6.28. The Labute approximate surface area is 110 Å². The molecular formula is C14H22O2S. The van der Waals surface area contributed by atoms with Crippen LogP contribution < -0.4 is 0 Å². The summed E-state index contributed by atoms with van der Waals surface area (Å²) in [6, 6.07) is 0. The van der Waals surface area contributed by atoms with E-state index >= 15 is 0 Å². The van der Waals surface area contributed by atoms with E-state index in [9.17, 15) is 0 Å². The van der Waals surface area contributed by atoms with Crippen molar-refractivity contribution in [3.8, 4) is 11.8 Å². The highest BCUT2D eigenvalue weighted by Crippen LogP contribution is 2.22. The molecule has 1 aliphatic rings. The van der Waals surface area contributed by atoms with Gasteiger partial charge in [0.15, 0.2) is 0 Å². The van der Waals surface area contributed by atoms with Crippen molar-refractivity contribution in [2.75, 3.05) is 20.5 Å². The number of ether oxygens (including phenoxy) is 2. The largest absolute Gasteiger partial charge is 0.359 e. The molecule has 0 N–H and O–H groups in total. The van der Waals surface area contributed by atoms with Gasteiger partial charge in [0.2, 0.25) is 0 Å². The van der Waals surface area contributed by atoms with Gasteiger partial charge in [-0.05, 0) is 32.1 Å². The van der Waals surface area contributed by atoms with Gasteiger partial charge in [0.05, 0.1) is 0 Å². The topological polar surface area (TPSA) is 18.5 Å². The molecule has 0 radical (unpaired) electrons. The van der Waals surface area contributed by atoms with Gasteiger partial charge in [0.25, 0.3) is 0 Å². The third kappa shape index (κ3) is 6.78. The maximum absolute atomic E-state index is 5.20. The van der Waals surface area contributed by atoms with Gasteiger partial charge in [0.1, 0.15) is 6.79 Å². The molecule has 1 aliphatic carbocycles. The number of allylic oxidation sites excluding steroid dienone is 1. The van der Waals surface area contributed by atoms with Gasteiger partial charge in [-0.15, -0.1) is 0 Å². The van der Waals surface area contributed by atoms with E-state index in [0.29, 0.717) is 12.0 Å². The van der Waals surface area contributed by atoms with Crippen LogP contribution >= 0.6 is 12.6 Å². The predicted octanol–water partition coefficient (Wildman–Crippen LogP) is 3.19. The zero-order valence-corrected chi connectivity index (χ0v) is 11.5. The zero-order valence-electron chi connectivity index (χ0n) is 10.6. The zero-order chi connectivity index (χ0) is 12.3. The molecule has 1 atom stereocenters. The molecule has 0 heterocycles. The van der Waals surface area contributed by atoms with Crippen molar-refractivity contribution in [3.63, 3.8) is 0 Å². The molecule has 0 fully saturated rings. The lowest BCUT2D eigenvalue weighted by atomic mass is 9.99. The number of rotatable bonds is 6. The highest BCUT2D eigenvalue weighted by Gasteiger charge is 2.10. The maximum Gasteiger partial charge on any atom is 0.146 e. The number of hydrogen-bond acceptors (Lipinski definition) is 3. The summed E-state index contributed by atoms with van der Waals surface area (Å²) in [6.07, 6.45) is 8.86. The minimum absolute atomic E-state index is 0.362. The van der Waals surface area contributed by atoms with E-state index in [1.165, 1.54) is 12.0 Å². The van der Waals surface area contributed by atoms with Crippen molar-refractivity contribution < 1.29 is 9.47 Å². The van der Waals surface area contributed by atoms with E-state index in [1.54, 1.807) is 7.11 Å². The van der Waals surface area contributed by atoms with Crippen molar-refractivity contribution in [3.05, 3.63) is 11.6 Å². The Bertz CT molecular complexity index is 288. The van der Waals surface area contributed by atoms with Crippen LogP contribution in [0.15, 0.2) is 11.6 Å². The third-order valence-electron chi connectivity index (χ3n) is 2.68. The highest BCUT2D eigenvalue weighted by atomic mass is 32.1. The van der Waals surface area contributed by atoms with Gasteiger partial charge in [-0.2, -0.15) is 12.6 Å². The van der Waals surface area contributed by atoms with Crippen molar-refractivity contribution >= 4 is 12.6 Å². The molecule has 2 nitrogen and oxygen atoms in total. The van der Waals surface area contributed by atoms with Crippen LogP contribution in [0.25, 0.3) is 0 Å². The fourth-order valence-electron chi connectivity index (χ4n) is 1.72. The second kappa shape index (κ2) is 9.58. The normalized spacial score (nSPS) is 19.4. The molecule has 0 saturated heterocycles. The molecule has 0 spiro atoms. The SMILES string of the molecule is COCOCCCCC#CC1=CCCCC1S. The summed E-state index contributed by atoms with van der Waals surface area (Å²) in [6.45, 7) is 1.15. The Balaban J connectivity index is 2.08. The minimum atomic E-state index is 0.362. The van der Waals surface area contributed by atoms with Crippen molar-refractivity contribution in [1.82, 2.24) is 0 Å². The number of hydrogen-bond donors (Lipinski definition) is 1. The van der Waals surface area contributed by atoms with Gasteiger partial charge in [-0.1, -0.05) is 17.9 Å². The molecular weight excluding hydrogens is 232 g/mol. The molecule has 0 aromatic carbocycles. The fourth-order valence-corrected chi connectivity index (χ4v) is 2.07. The van der Waals surface area contributed by atoms with Crippen LogP contribution in [0.4, 0.5) is 0 Å². The van der Waals surface area contributed by atoms with Crippen molar-refractivity contribution in [1.29, 1.82) is 0 Å². The van der Waals surface area contributed by atoms with Crippen molar-refractivity contribution in [2.24, 2.45) is 0 Å². The van der Waals surface area contributed by atoms with E-state index < -0.39 is 0 Å². The Morgan fingerprint density at radius 2 is 2.35 bits per heavy atom. The summed E-state index contributed by atoms with van der Waals surface area (Å²) in [5.74, 6) is 6.47. The summed E-state index contributed by atoms with van der Waals surface area (Å²) in [4.78, 5) is 0. The van der Waals surface area contributed by atoms with E-state index in [0.717, 1.165) is 38.7 Å². The smallest absolute Gasteiger partial charge is 0.146 e. The molecule has 0 saturated carbocycles. The number of methoxy groups -OCH3 is 1. The standard InChI is InChI=1S/C14H22O2S/c1-15-12-16-11-7-3-2-4-8-13-9-5-6-10-14(13)17/h9,14,17H,2-3,5-7,10-12H2,1H3. The Kier molecular flexibility index (Phi) is 8.25. The van der Waals surface area contributed by atoms with Crippen LogP contribution in [-0.2, 0) is 9.47 Å². The minimum Gasteiger partial charge on any atom is -0.359 e. The van der Waals surface area contributed by atoms with Crippen LogP contribution in [0.3, 0.4) is 0 Å². The summed E-state index contributed by atoms with van der Waals surface area (Å²) in [5.41, 5.74) is 1.22. The molecule has 0 aromatic rings. The number of thiol groups is 1. The molecule has 0 bridgehead atoms. The van der Waals surface area contributed by atoms with Crippen molar-refractivity contribution in [2.45, 2.75) is 43.8 Å². The average Bonchev–Trinajstić information content (AvgIpc) is 2.35. The lowest BCUT2D eigenvalue weighted by Gasteiger charge is -2.14. The summed E-state index contributed by atoms with van der Waals surface area (Å²) in [5, 5.41) is 0.362. The second-order valence-electron chi connectivity index (χ2n) is 4.18. The predicted molar refractivity (Wildman–Crippen MR) is 74.2 cm³/mol. The molecule has 3 heteroatoms. The highest BCUT2D eigenvalue weighted by molar-refractivity contribution is 7.81. The van der Waals surface area contributed by atoms with Gasteiger partial charge in [0, 0.05) is 31.0 Å². The van der Waals surface area contributed by atoms with E-state index in [2.05, 4.69) is 30.5 Å². The first-order chi connectivity index (χ1) is 8.34. The van der Waals surface area contributed by atoms with E-state index in [4.69, 9.17) is 9.47 Å². The average molecular weight is 254 g/mol. The molecule has 17 heavy (non-hydrogen) atoms. The molecule has 1 rings (SSSR count). The maximum atomic E-state index is 5.20. The quantitative estimate of drug-likeness (QED) is 0.340. The number of unbranched alkanes of at least 4 members (excludes halogenated alkanes) is 2. The van der Waals surface area contributed by atoms with Gasteiger partial charge < -0.3 is 9.47 Å². The van der Waals surface area contributed by atoms with Crippen LogP contribution in [0.2, 0.25) is 0 Å². The monoisotopic (exact) mass is 254 g/mol.